The zero-order valence-corrected chi connectivity index (χ0v) is 24.7. The molecule has 3 aromatic rings. The van der Waals surface area contributed by atoms with E-state index in [2.05, 4.69) is 32.8 Å². The van der Waals surface area contributed by atoms with Crippen molar-refractivity contribution >= 4 is 50.9 Å². The highest BCUT2D eigenvalue weighted by atomic mass is 32.1. The highest BCUT2D eigenvalue weighted by Crippen LogP contribution is 2.46. The summed E-state index contributed by atoms with van der Waals surface area (Å²) >= 11 is 1.33. The van der Waals surface area contributed by atoms with E-state index < -0.39 is 28.8 Å². The van der Waals surface area contributed by atoms with Gasteiger partial charge in [-0.2, -0.15) is 0 Å². The average Bonchev–Trinajstić information content (AvgIpc) is 3.55. The Morgan fingerprint density at radius 1 is 1.14 bits per heavy atom. The van der Waals surface area contributed by atoms with E-state index in [9.17, 15) is 29.1 Å². The van der Waals surface area contributed by atoms with Crippen molar-refractivity contribution < 1.29 is 29.0 Å². The highest BCUT2D eigenvalue weighted by Gasteiger charge is 2.43. The zero-order valence-electron chi connectivity index (χ0n) is 23.9. The van der Waals surface area contributed by atoms with Crippen molar-refractivity contribution in [1.29, 1.82) is 0 Å². The van der Waals surface area contributed by atoms with Crippen LogP contribution in [0.2, 0.25) is 0 Å². The maximum absolute atomic E-state index is 13.4. The van der Waals surface area contributed by atoms with Gasteiger partial charge in [0.1, 0.15) is 10.6 Å². The monoisotopic (exact) mass is 607 g/mol. The maximum Gasteiger partial charge on any atom is 0.309 e. The molecule has 0 spiro atoms. The average molecular weight is 608 g/mol. The molecular formula is C30H33N5O7S. The van der Waals surface area contributed by atoms with Gasteiger partial charge >= 0.3 is 5.97 Å². The van der Waals surface area contributed by atoms with Gasteiger partial charge < -0.3 is 30.8 Å². The lowest BCUT2D eigenvalue weighted by Crippen LogP contribution is -2.43. The number of carbonyl (C=O) groups excluding carboxylic acids is 3. The van der Waals surface area contributed by atoms with E-state index in [4.69, 9.17) is 4.74 Å². The predicted molar refractivity (Wildman–Crippen MR) is 158 cm³/mol. The Balaban J connectivity index is 1.13. The van der Waals surface area contributed by atoms with Crippen molar-refractivity contribution in [2.45, 2.75) is 64.8 Å². The summed E-state index contributed by atoms with van der Waals surface area (Å²) in [5.74, 6) is -1.80. The van der Waals surface area contributed by atoms with E-state index in [0.29, 0.717) is 72.3 Å². The number of amides is 3. The molecule has 1 aliphatic heterocycles. The Kier molecular flexibility index (Phi) is 7.23. The molecule has 5 N–H and O–H groups in total. The molecular weight excluding hydrogens is 574 g/mol. The van der Waals surface area contributed by atoms with Crippen LogP contribution in [0, 0.1) is 10.8 Å². The number of carbonyl (C=O) groups is 4. The smallest absolute Gasteiger partial charge is 0.309 e. The van der Waals surface area contributed by atoms with Crippen LogP contribution < -0.4 is 26.2 Å². The summed E-state index contributed by atoms with van der Waals surface area (Å²) in [5.41, 5.74) is 0.556. The van der Waals surface area contributed by atoms with Crippen LogP contribution in [0.5, 0.6) is 5.75 Å². The van der Waals surface area contributed by atoms with Crippen LogP contribution in [0.25, 0.3) is 10.2 Å². The van der Waals surface area contributed by atoms with Gasteiger partial charge in [0.2, 0.25) is 11.7 Å². The first-order valence-electron chi connectivity index (χ1n) is 14.4. The summed E-state index contributed by atoms with van der Waals surface area (Å²) in [6.07, 6.45) is 3.77. The van der Waals surface area contributed by atoms with Crippen LogP contribution in [0.3, 0.4) is 0 Å². The van der Waals surface area contributed by atoms with Gasteiger partial charge in [-0.3, -0.25) is 24.0 Å². The number of aromatic nitrogens is 2. The number of benzene rings is 1. The number of fused-ring (bicyclic) bond motifs is 4. The number of anilines is 1. The summed E-state index contributed by atoms with van der Waals surface area (Å²) in [7, 11) is 0. The van der Waals surface area contributed by atoms with Gasteiger partial charge in [0.25, 0.3) is 17.4 Å². The topological polar surface area (TPSA) is 180 Å². The summed E-state index contributed by atoms with van der Waals surface area (Å²) in [4.78, 5) is 71.1. The summed E-state index contributed by atoms with van der Waals surface area (Å²) in [6.45, 7) is 4.40. The van der Waals surface area contributed by atoms with Gasteiger partial charge in [0.05, 0.1) is 22.4 Å². The van der Waals surface area contributed by atoms with E-state index in [0.717, 1.165) is 10.4 Å². The fourth-order valence-electron chi connectivity index (χ4n) is 6.14. The number of hydrogen-bond donors (Lipinski definition) is 5. The molecule has 1 unspecified atom stereocenters. The third kappa shape index (κ3) is 5.49. The van der Waals surface area contributed by atoms with Crippen LogP contribution in [0.1, 0.15) is 78.5 Å². The molecule has 13 heteroatoms. The molecule has 43 heavy (non-hydrogen) atoms. The third-order valence-corrected chi connectivity index (χ3v) is 10.3. The van der Waals surface area contributed by atoms with Crippen LogP contribution >= 0.6 is 11.3 Å². The summed E-state index contributed by atoms with van der Waals surface area (Å²) in [6, 6.07) is 5.20. The first-order chi connectivity index (χ1) is 20.4. The molecule has 0 bridgehead atoms. The van der Waals surface area contributed by atoms with Crippen molar-refractivity contribution in [3.63, 3.8) is 0 Å². The number of rotatable bonds is 7. The number of carboxylic acids is 1. The number of hydrogen-bond acceptors (Lipinski definition) is 8. The van der Waals surface area contributed by atoms with Gasteiger partial charge in [-0.25, -0.2) is 4.98 Å². The van der Waals surface area contributed by atoms with E-state index >= 15 is 0 Å². The minimum absolute atomic E-state index is 0.0443. The van der Waals surface area contributed by atoms with Gasteiger partial charge in [0.15, 0.2) is 6.61 Å². The van der Waals surface area contributed by atoms with E-state index in [1.165, 1.54) is 11.3 Å². The molecule has 3 aliphatic rings. The molecule has 1 saturated carbocycles. The maximum atomic E-state index is 13.4. The fraction of sp³-hybridized carbons (Fsp3) is 0.467. The molecule has 3 amide bonds. The first kappa shape index (κ1) is 28.8. The van der Waals surface area contributed by atoms with E-state index in [1.54, 1.807) is 25.1 Å². The van der Waals surface area contributed by atoms with Gasteiger partial charge in [-0.1, -0.05) is 13.0 Å². The quantitative estimate of drug-likeness (QED) is 0.272. The number of aromatic amines is 1. The van der Waals surface area contributed by atoms with Crippen molar-refractivity contribution in [3.8, 4) is 5.75 Å². The lowest BCUT2D eigenvalue weighted by molar-refractivity contribution is -0.151. The summed E-state index contributed by atoms with van der Waals surface area (Å²) < 4.78 is 5.36. The standard InChI is InChI=1S/C30H33N5O7S/c1-29(7-9-30(2,10-8-29)28(40)41)14-32-24(37)16-4-6-19-21(16)22-25(38)34-23(35-27(22)43-19)26(39)31-12-15-3-5-18-17(11-15)33-20(36)13-42-18/h3,5,11,16H,4,6-10,12-14H2,1-2H3,(H,31,39)(H,32,37)(H,33,36)(H,40,41)(H,34,35,38). The third-order valence-electron chi connectivity index (χ3n) is 9.11. The van der Waals surface area contributed by atoms with Gasteiger partial charge in [-0.15, -0.1) is 11.3 Å². The highest BCUT2D eigenvalue weighted by molar-refractivity contribution is 7.18. The number of aliphatic carboxylic acids is 1. The van der Waals surface area contributed by atoms with Crippen molar-refractivity contribution in [1.82, 2.24) is 20.6 Å². The molecule has 0 radical (unpaired) electrons. The number of nitrogens with one attached hydrogen (secondary N) is 4. The number of ether oxygens (including phenoxy) is 1. The van der Waals surface area contributed by atoms with Crippen LogP contribution in [0.4, 0.5) is 5.69 Å². The van der Waals surface area contributed by atoms with Crippen molar-refractivity contribution in [2.75, 3.05) is 18.5 Å². The lowest BCUT2D eigenvalue weighted by Gasteiger charge is -2.41. The minimum Gasteiger partial charge on any atom is -0.482 e. The molecule has 6 rings (SSSR count). The Labute approximate surface area is 250 Å². The van der Waals surface area contributed by atoms with Crippen LogP contribution in [-0.4, -0.2) is 51.9 Å². The number of carboxylic acid groups (broad SMARTS) is 1. The number of aryl methyl sites for hydroxylation is 1. The molecule has 2 aliphatic carbocycles. The molecule has 1 atom stereocenters. The molecule has 1 aromatic carbocycles. The van der Waals surface area contributed by atoms with E-state index in [1.807, 2.05) is 0 Å². The second-order valence-electron chi connectivity index (χ2n) is 12.4. The second kappa shape index (κ2) is 10.8. The van der Waals surface area contributed by atoms with Gasteiger partial charge in [-0.05, 0) is 74.1 Å². The molecule has 0 saturated heterocycles. The number of nitrogens with zero attached hydrogens (tertiary/aromatic N) is 1. The van der Waals surface area contributed by atoms with Crippen LogP contribution in [-0.2, 0) is 27.3 Å². The van der Waals surface area contributed by atoms with E-state index in [-0.39, 0.29) is 36.2 Å². The fourth-order valence-corrected chi connectivity index (χ4v) is 7.39. The summed E-state index contributed by atoms with van der Waals surface area (Å²) in [5, 5.41) is 18.4. The number of thiophene rings is 1. The van der Waals surface area contributed by atoms with Crippen molar-refractivity contribution in [2.24, 2.45) is 10.8 Å². The van der Waals surface area contributed by atoms with Crippen molar-refractivity contribution in [3.05, 3.63) is 50.4 Å². The molecule has 1 fully saturated rings. The minimum atomic E-state index is -0.776. The Hall–Kier alpha value is -4.26. The molecule has 3 heterocycles. The SMILES string of the molecule is CC1(CNC(=O)C2CCc3sc4nc(C(=O)NCc5ccc6c(c5)NC(=O)CO6)[nH]c(=O)c4c32)CCC(C)(C(=O)O)CC1. The predicted octanol–water partition coefficient (Wildman–Crippen LogP) is 3.06. The molecule has 2 aromatic heterocycles. The number of H-pyrrole nitrogens is 1. The zero-order chi connectivity index (χ0) is 30.5. The second-order valence-corrected chi connectivity index (χ2v) is 13.5. The van der Waals surface area contributed by atoms with Crippen LogP contribution in [0.15, 0.2) is 23.0 Å². The first-order valence-corrected chi connectivity index (χ1v) is 15.2. The lowest BCUT2D eigenvalue weighted by atomic mass is 9.65. The largest absolute Gasteiger partial charge is 0.482 e. The Morgan fingerprint density at radius 2 is 1.91 bits per heavy atom. The Bertz CT molecular complexity index is 1720. The Morgan fingerprint density at radius 3 is 2.65 bits per heavy atom. The molecule has 12 nitrogen and oxygen atoms in total. The van der Waals surface area contributed by atoms with Gasteiger partial charge in [0, 0.05) is 18.0 Å². The molecule has 226 valence electrons. The normalized spacial score (nSPS) is 24.4.